The number of nitrogens with one attached hydrogen (secondary N) is 1. The SMILES string of the molecule is CN(CCC[C@H]1CCCO1)C(=O)NCCc1nc2ccccc2n1C. The Bertz CT molecular complexity index is 707. The quantitative estimate of drug-likeness (QED) is 0.840. The van der Waals surface area contributed by atoms with Crippen LogP contribution in [0.1, 0.15) is 31.5 Å². The van der Waals surface area contributed by atoms with Gasteiger partial charge in [0.25, 0.3) is 0 Å². The lowest BCUT2D eigenvalue weighted by Gasteiger charge is -2.18. The highest BCUT2D eigenvalue weighted by Crippen LogP contribution is 2.17. The van der Waals surface area contributed by atoms with Crippen LogP contribution in [0.5, 0.6) is 0 Å². The van der Waals surface area contributed by atoms with Crippen LogP contribution in [0.3, 0.4) is 0 Å². The van der Waals surface area contributed by atoms with Crippen LogP contribution in [-0.2, 0) is 18.2 Å². The summed E-state index contributed by atoms with van der Waals surface area (Å²) in [7, 11) is 3.86. The van der Waals surface area contributed by atoms with Crippen LogP contribution in [0.2, 0.25) is 0 Å². The number of aryl methyl sites for hydroxylation is 1. The number of hydrogen-bond acceptors (Lipinski definition) is 3. The van der Waals surface area contributed by atoms with Crippen LogP contribution in [0.4, 0.5) is 4.79 Å². The number of fused-ring (bicyclic) bond motifs is 1. The highest BCUT2D eigenvalue weighted by molar-refractivity contribution is 5.76. The van der Waals surface area contributed by atoms with Crippen molar-refractivity contribution in [1.82, 2.24) is 19.8 Å². The molecule has 6 nitrogen and oxygen atoms in total. The number of amides is 2. The third kappa shape index (κ3) is 4.51. The second-order valence-corrected chi connectivity index (χ2v) is 6.76. The van der Waals surface area contributed by atoms with E-state index in [-0.39, 0.29) is 6.03 Å². The topological polar surface area (TPSA) is 59.4 Å². The Balaban J connectivity index is 1.39. The van der Waals surface area contributed by atoms with E-state index in [0.717, 1.165) is 55.7 Å². The molecule has 25 heavy (non-hydrogen) atoms. The predicted molar refractivity (Wildman–Crippen MR) is 98.7 cm³/mol. The van der Waals surface area contributed by atoms with Crippen molar-refractivity contribution in [2.24, 2.45) is 7.05 Å². The van der Waals surface area contributed by atoms with Gasteiger partial charge >= 0.3 is 6.03 Å². The van der Waals surface area contributed by atoms with Gasteiger partial charge in [-0.05, 0) is 37.8 Å². The smallest absolute Gasteiger partial charge is 0.317 e. The molecule has 1 N–H and O–H groups in total. The molecular weight excluding hydrogens is 316 g/mol. The molecule has 1 atom stereocenters. The van der Waals surface area contributed by atoms with Crippen molar-refractivity contribution in [3.63, 3.8) is 0 Å². The molecule has 0 spiro atoms. The molecule has 0 aliphatic carbocycles. The summed E-state index contributed by atoms with van der Waals surface area (Å²) in [6.45, 7) is 2.24. The van der Waals surface area contributed by atoms with Crippen molar-refractivity contribution < 1.29 is 9.53 Å². The molecule has 0 saturated carbocycles. The molecule has 1 aliphatic heterocycles. The number of hydrogen-bond donors (Lipinski definition) is 1. The van der Waals surface area contributed by atoms with Crippen LogP contribution < -0.4 is 5.32 Å². The molecular formula is C19H28N4O2. The molecule has 136 valence electrons. The van der Waals surface area contributed by atoms with Gasteiger partial charge in [0.05, 0.1) is 17.1 Å². The number of urea groups is 1. The van der Waals surface area contributed by atoms with E-state index in [1.807, 2.05) is 32.3 Å². The van der Waals surface area contributed by atoms with Crippen molar-refractivity contribution in [1.29, 1.82) is 0 Å². The average molecular weight is 344 g/mol. The number of para-hydroxylation sites is 2. The van der Waals surface area contributed by atoms with E-state index in [9.17, 15) is 4.79 Å². The van der Waals surface area contributed by atoms with Gasteiger partial charge in [0, 0.05) is 40.2 Å². The van der Waals surface area contributed by atoms with Crippen LogP contribution in [-0.4, -0.2) is 53.3 Å². The van der Waals surface area contributed by atoms with Gasteiger partial charge in [-0.15, -0.1) is 0 Å². The first-order valence-corrected chi connectivity index (χ1v) is 9.16. The molecule has 1 saturated heterocycles. The lowest BCUT2D eigenvalue weighted by Crippen LogP contribution is -2.39. The number of nitrogens with zero attached hydrogens (tertiary/aromatic N) is 3. The Labute approximate surface area is 149 Å². The fourth-order valence-electron chi connectivity index (χ4n) is 3.36. The first-order valence-electron chi connectivity index (χ1n) is 9.16. The van der Waals surface area contributed by atoms with Crippen molar-refractivity contribution in [3.05, 3.63) is 30.1 Å². The third-order valence-corrected chi connectivity index (χ3v) is 4.89. The standard InChI is InChI=1S/C19H28N4O2/c1-22(13-5-7-15-8-6-14-25-15)19(24)20-12-11-18-21-16-9-3-4-10-17(16)23(18)2/h3-4,9-10,15H,5-8,11-14H2,1-2H3,(H,20,24)/t15-/m0/s1. The number of carbonyl (C=O) groups is 1. The van der Waals surface area contributed by atoms with E-state index < -0.39 is 0 Å². The molecule has 6 heteroatoms. The number of benzene rings is 1. The molecule has 2 amide bonds. The second kappa shape index (κ2) is 8.34. The molecule has 0 bridgehead atoms. The maximum absolute atomic E-state index is 12.2. The normalized spacial score (nSPS) is 17.1. The Morgan fingerprint density at radius 1 is 1.44 bits per heavy atom. The highest BCUT2D eigenvalue weighted by Gasteiger charge is 2.16. The monoisotopic (exact) mass is 344 g/mol. The van der Waals surface area contributed by atoms with E-state index >= 15 is 0 Å². The zero-order valence-corrected chi connectivity index (χ0v) is 15.2. The van der Waals surface area contributed by atoms with E-state index in [4.69, 9.17) is 4.74 Å². The Hall–Kier alpha value is -2.08. The van der Waals surface area contributed by atoms with Gasteiger partial charge in [-0.3, -0.25) is 0 Å². The Morgan fingerprint density at radius 3 is 3.04 bits per heavy atom. The molecule has 1 aromatic heterocycles. The molecule has 3 rings (SSSR count). The maximum atomic E-state index is 12.2. The van der Waals surface area contributed by atoms with Gasteiger partial charge in [-0.25, -0.2) is 9.78 Å². The number of aromatic nitrogens is 2. The Morgan fingerprint density at radius 2 is 2.28 bits per heavy atom. The summed E-state index contributed by atoms with van der Waals surface area (Å²) in [5, 5.41) is 2.98. The zero-order valence-electron chi connectivity index (χ0n) is 15.2. The maximum Gasteiger partial charge on any atom is 0.317 e. The fraction of sp³-hybridized carbons (Fsp3) is 0.579. The summed E-state index contributed by atoms with van der Waals surface area (Å²) >= 11 is 0. The number of carbonyl (C=O) groups excluding carboxylic acids is 1. The summed E-state index contributed by atoms with van der Waals surface area (Å²) in [4.78, 5) is 18.6. The first-order chi connectivity index (χ1) is 12.1. The second-order valence-electron chi connectivity index (χ2n) is 6.76. The molecule has 1 aliphatic rings. The fourth-order valence-corrected chi connectivity index (χ4v) is 3.36. The number of rotatable bonds is 7. The van der Waals surface area contributed by atoms with Crippen molar-refractivity contribution in [2.45, 2.75) is 38.2 Å². The minimum Gasteiger partial charge on any atom is -0.378 e. The van der Waals surface area contributed by atoms with Gasteiger partial charge < -0.3 is 19.5 Å². The van der Waals surface area contributed by atoms with E-state index in [1.54, 1.807) is 4.90 Å². The Kier molecular flexibility index (Phi) is 5.91. The summed E-state index contributed by atoms with van der Waals surface area (Å²) in [5.74, 6) is 0.988. The van der Waals surface area contributed by atoms with Crippen LogP contribution in [0, 0.1) is 0 Å². The van der Waals surface area contributed by atoms with Crippen molar-refractivity contribution >= 4 is 17.1 Å². The molecule has 1 fully saturated rings. The van der Waals surface area contributed by atoms with Crippen LogP contribution in [0.15, 0.2) is 24.3 Å². The van der Waals surface area contributed by atoms with Gasteiger partial charge in [0.15, 0.2) is 0 Å². The molecule has 2 heterocycles. The van der Waals surface area contributed by atoms with Gasteiger partial charge in [0.1, 0.15) is 5.82 Å². The first kappa shape index (κ1) is 17.7. The van der Waals surface area contributed by atoms with Gasteiger partial charge in [-0.1, -0.05) is 12.1 Å². The van der Waals surface area contributed by atoms with Gasteiger partial charge in [0.2, 0.25) is 0 Å². The summed E-state index contributed by atoms with van der Waals surface area (Å²) in [6, 6.07) is 8.06. The lowest BCUT2D eigenvalue weighted by atomic mass is 10.1. The summed E-state index contributed by atoms with van der Waals surface area (Å²) < 4.78 is 7.71. The minimum absolute atomic E-state index is 0.0221. The zero-order chi connectivity index (χ0) is 17.6. The minimum atomic E-state index is -0.0221. The molecule has 2 aromatic rings. The van der Waals surface area contributed by atoms with E-state index in [2.05, 4.69) is 20.9 Å². The van der Waals surface area contributed by atoms with Crippen molar-refractivity contribution in [2.75, 3.05) is 26.7 Å². The average Bonchev–Trinajstić information content (AvgIpc) is 3.24. The molecule has 1 aromatic carbocycles. The largest absolute Gasteiger partial charge is 0.378 e. The molecule has 0 unspecified atom stereocenters. The highest BCUT2D eigenvalue weighted by atomic mass is 16.5. The predicted octanol–water partition coefficient (Wildman–Crippen LogP) is 2.72. The third-order valence-electron chi connectivity index (χ3n) is 4.89. The van der Waals surface area contributed by atoms with Crippen molar-refractivity contribution in [3.8, 4) is 0 Å². The number of ether oxygens (including phenoxy) is 1. The lowest BCUT2D eigenvalue weighted by molar-refractivity contribution is 0.100. The number of imidazole rings is 1. The summed E-state index contributed by atoms with van der Waals surface area (Å²) in [5.41, 5.74) is 2.12. The van der Waals surface area contributed by atoms with Crippen LogP contribution in [0.25, 0.3) is 11.0 Å². The van der Waals surface area contributed by atoms with Crippen LogP contribution >= 0.6 is 0 Å². The molecule has 0 radical (unpaired) electrons. The van der Waals surface area contributed by atoms with E-state index in [1.165, 1.54) is 6.42 Å². The van der Waals surface area contributed by atoms with E-state index in [0.29, 0.717) is 12.6 Å². The summed E-state index contributed by atoms with van der Waals surface area (Å²) in [6.07, 6.45) is 5.48. The van der Waals surface area contributed by atoms with Gasteiger partial charge in [-0.2, -0.15) is 0 Å².